The Morgan fingerprint density at radius 2 is 2.00 bits per heavy atom. The highest BCUT2D eigenvalue weighted by Gasteiger charge is 2.40. The van der Waals surface area contributed by atoms with Gasteiger partial charge in [-0.2, -0.15) is 4.98 Å². The molecule has 1 aliphatic carbocycles. The Kier molecular flexibility index (Phi) is 3.38. The molecule has 1 aliphatic rings. The maximum absolute atomic E-state index is 5.84. The lowest BCUT2D eigenvalue weighted by Gasteiger charge is -2.08. The van der Waals surface area contributed by atoms with E-state index in [1.54, 1.807) is 0 Å². The quantitative estimate of drug-likeness (QED) is 0.856. The summed E-state index contributed by atoms with van der Waals surface area (Å²) < 4.78 is 5.84. The molecular weight excluding hydrogens is 250 g/mol. The average Bonchev–Trinajstić information content (AvgIpc) is 3.20. The summed E-state index contributed by atoms with van der Waals surface area (Å²) in [5.41, 5.74) is 3.37. The Morgan fingerprint density at radius 3 is 2.75 bits per heavy atom. The largest absolute Gasteiger partial charge is 0.477 e. The number of pyridine rings is 1. The maximum atomic E-state index is 5.84. The van der Waals surface area contributed by atoms with Crippen LogP contribution in [0.3, 0.4) is 0 Å². The zero-order valence-corrected chi connectivity index (χ0v) is 12.1. The number of ether oxygens (including phenoxy) is 1. The summed E-state index contributed by atoms with van der Waals surface area (Å²) in [6.07, 6.45) is 4.90. The molecule has 1 unspecified atom stereocenters. The van der Waals surface area contributed by atoms with Crippen LogP contribution >= 0.6 is 0 Å². The van der Waals surface area contributed by atoms with Crippen LogP contribution in [0.2, 0.25) is 0 Å². The standard InChI is InChI=1S/C16H19N3O/c1-10-4-5-15(18-7-10)14-6-13(14)9-20-16-11(2)8-17-12(3)19-16/h4-5,7-8,13-14H,6,9H2,1-3H3/t13?,14-/m1/s1. The van der Waals surface area contributed by atoms with E-state index in [0.29, 0.717) is 24.3 Å². The fourth-order valence-corrected chi connectivity index (χ4v) is 2.33. The molecule has 2 atom stereocenters. The van der Waals surface area contributed by atoms with Crippen LogP contribution in [-0.4, -0.2) is 21.6 Å². The number of hydrogen-bond acceptors (Lipinski definition) is 4. The van der Waals surface area contributed by atoms with Gasteiger partial charge in [0.2, 0.25) is 5.88 Å². The predicted molar refractivity (Wildman–Crippen MR) is 76.8 cm³/mol. The number of aryl methyl sites for hydroxylation is 3. The molecule has 0 bridgehead atoms. The monoisotopic (exact) mass is 269 g/mol. The van der Waals surface area contributed by atoms with Crippen LogP contribution in [0.25, 0.3) is 0 Å². The molecule has 2 heterocycles. The van der Waals surface area contributed by atoms with Gasteiger partial charge in [-0.05, 0) is 38.8 Å². The molecule has 0 aliphatic heterocycles. The summed E-state index contributed by atoms with van der Waals surface area (Å²) in [5, 5.41) is 0. The van der Waals surface area contributed by atoms with Gasteiger partial charge in [0.05, 0.1) is 6.61 Å². The average molecular weight is 269 g/mol. The van der Waals surface area contributed by atoms with Gasteiger partial charge < -0.3 is 4.74 Å². The molecule has 2 aromatic heterocycles. The summed E-state index contributed by atoms with van der Waals surface area (Å²) in [6.45, 7) is 6.62. The van der Waals surface area contributed by atoms with Crippen molar-refractivity contribution < 1.29 is 4.74 Å². The van der Waals surface area contributed by atoms with E-state index < -0.39 is 0 Å². The summed E-state index contributed by atoms with van der Waals surface area (Å²) in [7, 11) is 0. The van der Waals surface area contributed by atoms with Crippen LogP contribution in [0.1, 0.15) is 35.0 Å². The minimum atomic E-state index is 0.541. The summed E-state index contributed by atoms with van der Waals surface area (Å²) >= 11 is 0. The maximum Gasteiger partial charge on any atom is 0.219 e. The van der Waals surface area contributed by atoms with Crippen LogP contribution in [0, 0.1) is 26.7 Å². The van der Waals surface area contributed by atoms with Gasteiger partial charge in [-0.15, -0.1) is 0 Å². The number of nitrogens with zero attached hydrogens (tertiary/aromatic N) is 3. The minimum absolute atomic E-state index is 0.541. The molecule has 0 saturated heterocycles. The van der Waals surface area contributed by atoms with Crippen molar-refractivity contribution in [3.8, 4) is 5.88 Å². The van der Waals surface area contributed by atoms with Gasteiger partial charge >= 0.3 is 0 Å². The van der Waals surface area contributed by atoms with E-state index in [0.717, 1.165) is 17.8 Å². The molecule has 2 aromatic rings. The Bertz CT molecular complexity index is 610. The van der Waals surface area contributed by atoms with E-state index in [1.807, 2.05) is 26.2 Å². The van der Waals surface area contributed by atoms with Crippen LogP contribution in [0.5, 0.6) is 5.88 Å². The first-order chi connectivity index (χ1) is 9.63. The minimum Gasteiger partial charge on any atom is -0.477 e. The molecule has 4 nitrogen and oxygen atoms in total. The van der Waals surface area contributed by atoms with Crippen molar-refractivity contribution in [3.05, 3.63) is 47.2 Å². The van der Waals surface area contributed by atoms with Crippen LogP contribution in [-0.2, 0) is 0 Å². The molecule has 0 spiro atoms. The van der Waals surface area contributed by atoms with Gasteiger partial charge in [-0.25, -0.2) is 4.98 Å². The van der Waals surface area contributed by atoms with E-state index in [-0.39, 0.29) is 0 Å². The number of aromatic nitrogens is 3. The van der Waals surface area contributed by atoms with Gasteiger partial charge in [-0.1, -0.05) is 6.07 Å². The molecule has 3 rings (SSSR count). The summed E-state index contributed by atoms with van der Waals surface area (Å²) in [6, 6.07) is 4.25. The zero-order chi connectivity index (χ0) is 14.1. The van der Waals surface area contributed by atoms with Crippen molar-refractivity contribution in [2.24, 2.45) is 5.92 Å². The van der Waals surface area contributed by atoms with E-state index in [2.05, 4.69) is 34.0 Å². The molecule has 4 heteroatoms. The lowest BCUT2D eigenvalue weighted by Crippen LogP contribution is -2.05. The number of rotatable bonds is 4. The van der Waals surface area contributed by atoms with Crippen molar-refractivity contribution in [1.29, 1.82) is 0 Å². The fourth-order valence-electron chi connectivity index (χ4n) is 2.33. The molecule has 0 N–H and O–H groups in total. The highest BCUT2D eigenvalue weighted by molar-refractivity contribution is 5.23. The topological polar surface area (TPSA) is 47.9 Å². The molecule has 0 amide bonds. The van der Waals surface area contributed by atoms with Crippen molar-refractivity contribution in [3.63, 3.8) is 0 Å². The molecule has 0 aromatic carbocycles. The molecular formula is C16H19N3O. The van der Waals surface area contributed by atoms with E-state index in [4.69, 9.17) is 4.74 Å². The first kappa shape index (κ1) is 13.0. The molecule has 1 fully saturated rings. The van der Waals surface area contributed by atoms with Crippen molar-refractivity contribution in [2.75, 3.05) is 6.61 Å². The smallest absolute Gasteiger partial charge is 0.219 e. The van der Waals surface area contributed by atoms with E-state index in [1.165, 1.54) is 11.3 Å². The highest BCUT2D eigenvalue weighted by Crippen LogP contribution is 2.46. The van der Waals surface area contributed by atoms with Gasteiger partial charge in [0.1, 0.15) is 5.82 Å². The molecule has 104 valence electrons. The second-order valence-corrected chi connectivity index (χ2v) is 5.58. The molecule has 0 radical (unpaired) electrons. The first-order valence-electron chi connectivity index (χ1n) is 6.99. The van der Waals surface area contributed by atoms with E-state index >= 15 is 0 Å². The van der Waals surface area contributed by atoms with Gasteiger partial charge in [0, 0.05) is 35.5 Å². The summed E-state index contributed by atoms with van der Waals surface area (Å²) in [4.78, 5) is 13.0. The Labute approximate surface area is 119 Å². The normalized spacial score (nSPS) is 20.8. The van der Waals surface area contributed by atoms with Crippen molar-refractivity contribution in [1.82, 2.24) is 15.0 Å². The van der Waals surface area contributed by atoms with Crippen LogP contribution in [0.15, 0.2) is 24.5 Å². The number of hydrogen-bond donors (Lipinski definition) is 0. The Balaban J connectivity index is 1.58. The second kappa shape index (κ2) is 5.19. The highest BCUT2D eigenvalue weighted by atomic mass is 16.5. The third-order valence-electron chi connectivity index (χ3n) is 3.72. The van der Waals surface area contributed by atoms with Gasteiger partial charge in [-0.3, -0.25) is 4.98 Å². The van der Waals surface area contributed by atoms with Gasteiger partial charge in [0.25, 0.3) is 0 Å². The summed E-state index contributed by atoms with van der Waals surface area (Å²) in [5.74, 6) is 2.55. The molecule has 1 saturated carbocycles. The first-order valence-corrected chi connectivity index (χ1v) is 6.99. The van der Waals surface area contributed by atoms with Crippen molar-refractivity contribution in [2.45, 2.75) is 33.1 Å². The zero-order valence-electron chi connectivity index (χ0n) is 12.1. The molecule has 20 heavy (non-hydrogen) atoms. The third kappa shape index (κ3) is 2.79. The van der Waals surface area contributed by atoms with Crippen LogP contribution < -0.4 is 4.74 Å². The lowest BCUT2D eigenvalue weighted by molar-refractivity contribution is 0.282. The Morgan fingerprint density at radius 1 is 1.15 bits per heavy atom. The second-order valence-electron chi connectivity index (χ2n) is 5.58. The van der Waals surface area contributed by atoms with Crippen molar-refractivity contribution >= 4 is 0 Å². The van der Waals surface area contributed by atoms with Gasteiger partial charge in [0.15, 0.2) is 0 Å². The SMILES string of the molecule is Cc1ccc([C@@H]2CC2COc2nc(C)ncc2C)nc1. The lowest BCUT2D eigenvalue weighted by atomic mass is 10.2. The predicted octanol–water partition coefficient (Wildman–Crippen LogP) is 2.98. The van der Waals surface area contributed by atoms with E-state index in [9.17, 15) is 0 Å². The third-order valence-corrected chi connectivity index (χ3v) is 3.72. The van der Waals surface area contributed by atoms with Crippen LogP contribution in [0.4, 0.5) is 0 Å². The fraction of sp³-hybridized carbons (Fsp3) is 0.438. The Hall–Kier alpha value is -1.97.